The van der Waals surface area contributed by atoms with Crippen molar-refractivity contribution in [3.05, 3.63) is 108 Å². The second-order valence-electron chi connectivity index (χ2n) is 6.69. The molecular weight excluding hydrogens is 388 g/mol. The Morgan fingerprint density at radius 2 is 1.32 bits per heavy atom. The summed E-state index contributed by atoms with van der Waals surface area (Å²) in [6.07, 6.45) is 15.3. The van der Waals surface area contributed by atoms with Gasteiger partial charge in [0.1, 0.15) is 0 Å². The molecule has 2 aromatic carbocycles. The molecule has 0 fully saturated rings. The Balaban J connectivity index is 0.000000327. The summed E-state index contributed by atoms with van der Waals surface area (Å²) in [5.41, 5.74) is 2.61. The molecule has 0 aliphatic rings. The van der Waals surface area contributed by atoms with Crippen LogP contribution in [0.5, 0.6) is 0 Å². The van der Waals surface area contributed by atoms with Crippen molar-refractivity contribution in [2.45, 2.75) is 32.6 Å². The Bertz CT molecular complexity index is 891. The number of unbranched alkanes of at least 4 members (excludes halogenated alkanes) is 2. The van der Waals surface area contributed by atoms with Crippen LogP contribution in [0.2, 0.25) is 0 Å². The van der Waals surface area contributed by atoms with Crippen LogP contribution in [0.3, 0.4) is 0 Å². The van der Waals surface area contributed by atoms with E-state index >= 15 is 0 Å². The van der Waals surface area contributed by atoms with Crippen LogP contribution in [-0.2, 0) is 9.59 Å². The summed E-state index contributed by atoms with van der Waals surface area (Å²) in [5, 5.41) is 17.4. The summed E-state index contributed by atoms with van der Waals surface area (Å²) in [4.78, 5) is 21.1. The fourth-order valence-corrected chi connectivity index (χ4v) is 2.54. The fourth-order valence-electron chi connectivity index (χ4n) is 2.54. The lowest BCUT2D eigenvalue weighted by Crippen LogP contribution is -2.00. The summed E-state index contributed by atoms with van der Waals surface area (Å²) in [6.45, 7) is 2.11. The average Bonchev–Trinajstić information content (AvgIpc) is 2.77. The van der Waals surface area contributed by atoms with Gasteiger partial charge in [-0.25, -0.2) is 9.59 Å². The van der Waals surface area contributed by atoms with Crippen LogP contribution >= 0.6 is 0 Å². The van der Waals surface area contributed by atoms with Gasteiger partial charge in [-0.05, 0) is 24.0 Å². The monoisotopic (exact) mass is 418 g/mol. The molecule has 162 valence electrons. The van der Waals surface area contributed by atoms with Crippen LogP contribution in [0.4, 0.5) is 0 Å². The van der Waals surface area contributed by atoms with E-state index in [0.717, 1.165) is 36.5 Å². The Kier molecular flexibility index (Phi) is 13.2. The minimum absolute atomic E-state index is 0.482. The summed E-state index contributed by atoms with van der Waals surface area (Å²) >= 11 is 0. The molecule has 0 amide bonds. The van der Waals surface area contributed by atoms with Crippen LogP contribution < -0.4 is 0 Å². The minimum Gasteiger partial charge on any atom is -0.478 e. The zero-order chi connectivity index (χ0) is 22.7. The molecular formula is C27H30O4. The number of hydrogen-bond acceptors (Lipinski definition) is 2. The first kappa shape index (κ1) is 25.4. The molecule has 0 heterocycles. The predicted octanol–water partition coefficient (Wildman–Crippen LogP) is 6.63. The van der Waals surface area contributed by atoms with Gasteiger partial charge in [-0.3, -0.25) is 0 Å². The Morgan fingerprint density at radius 3 is 1.81 bits per heavy atom. The molecule has 4 nitrogen and oxygen atoms in total. The maximum absolute atomic E-state index is 11.0. The van der Waals surface area contributed by atoms with Crippen LogP contribution in [0.15, 0.2) is 96.6 Å². The topological polar surface area (TPSA) is 74.6 Å². The van der Waals surface area contributed by atoms with E-state index in [1.807, 2.05) is 78.9 Å². The summed E-state index contributed by atoms with van der Waals surface area (Å²) in [5.74, 6) is -1.75. The number of allylic oxidation sites excluding steroid dienone is 4. The second kappa shape index (κ2) is 16.2. The van der Waals surface area contributed by atoms with E-state index in [2.05, 4.69) is 6.92 Å². The second-order valence-corrected chi connectivity index (χ2v) is 6.69. The molecule has 0 saturated carbocycles. The van der Waals surface area contributed by atoms with Gasteiger partial charge in [-0.1, -0.05) is 117 Å². The molecule has 0 spiro atoms. The Hall–Kier alpha value is -3.66. The maximum atomic E-state index is 11.0. The lowest BCUT2D eigenvalue weighted by molar-refractivity contribution is -0.133. The largest absolute Gasteiger partial charge is 0.478 e. The first-order chi connectivity index (χ1) is 15.0. The van der Waals surface area contributed by atoms with E-state index in [4.69, 9.17) is 10.2 Å². The third kappa shape index (κ3) is 13.2. The van der Waals surface area contributed by atoms with Gasteiger partial charge < -0.3 is 10.2 Å². The van der Waals surface area contributed by atoms with Gasteiger partial charge in [0.15, 0.2) is 0 Å². The van der Waals surface area contributed by atoms with Gasteiger partial charge in [0, 0.05) is 11.6 Å². The van der Waals surface area contributed by atoms with Crippen LogP contribution in [-0.4, -0.2) is 22.2 Å². The molecule has 0 aromatic heterocycles. The van der Waals surface area contributed by atoms with Crippen molar-refractivity contribution in [3.8, 4) is 0 Å². The Labute approximate surface area is 184 Å². The van der Waals surface area contributed by atoms with E-state index in [0.29, 0.717) is 12.0 Å². The van der Waals surface area contributed by atoms with E-state index in [-0.39, 0.29) is 0 Å². The predicted molar refractivity (Wildman–Crippen MR) is 128 cm³/mol. The van der Waals surface area contributed by atoms with Gasteiger partial charge in [0.25, 0.3) is 0 Å². The number of carbonyl (C=O) groups is 2. The highest BCUT2D eigenvalue weighted by atomic mass is 16.4. The van der Waals surface area contributed by atoms with Gasteiger partial charge in [-0.2, -0.15) is 0 Å². The molecule has 0 aliphatic heterocycles. The molecule has 0 bridgehead atoms. The van der Waals surface area contributed by atoms with Gasteiger partial charge in [-0.15, -0.1) is 0 Å². The van der Waals surface area contributed by atoms with E-state index < -0.39 is 11.9 Å². The molecule has 0 atom stereocenters. The standard InChI is InChI=1S/C16H20O2.C11H10O2/c1-2-3-5-12-15(16(17)18)13-8-11-14-9-6-4-7-10-14;12-11(13)9-5-4-8-10-6-2-1-3-7-10/h4,6-11,13H,2-3,5,12H2,1H3,(H,17,18);1-9H,(H,12,13). The van der Waals surface area contributed by atoms with Crippen molar-refractivity contribution < 1.29 is 19.8 Å². The van der Waals surface area contributed by atoms with Crippen LogP contribution in [0, 0.1) is 0 Å². The molecule has 31 heavy (non-hydrogen) atoms. The quantitative estimate of drug-likeness (QED) is 0.258. The molecule has 2 N–H and O–H groups in total. The smallest absolute Gasteiger partial charge is 0.331 e. The Morgan fingerprint density at radius 1 is 0.774 bits per heavy atom. The SMILES string of the molecule is CCCCCC(=CC=Cc1ccccc1)C(=O)O.O=C(O)C=CC=Cc1ccccc1. The summed E-state index contributed by atoms with van der Waals surface area (Å²) in [7, 11) is 0. The van der Waals surface area contributed by atoms with E-state index in [1.54, 1.807) is 12.2 Å². The highest BCUT2D eigenvalue weighted by molar-refractivity contribution is 5.87. The van der Waals surface area contributed by atoms with Crippen molar-refractivity contribution >= 4 is 24.1 Å². The summed E-state index contributed by atoms with van der Waals surface area (Å²) in [6, 6.07) is 19.6. The fraction of sp³-hybridized carbons (Fsp3) is 0.185. The molecule has 4 heteroatoms. The van der Waals surface area contributed by atoms with Gasteiger partial charge >= 0.3 is 11.9 Å². The third-order valence-corrected chi connectivity index (χ3v) is 4.15. The highest BCUT2D eigenvalue weighted by Gasteiger charge is 2.04. The van der Waals surface area contributed by atoms with Crippen molar-refractivity contribution in [2.24, 2.45) is 0 Å². The zero-order valence-electron chi connectivity index (χ0n) is 17.9. The number of benzene rings is 2. The number of rotatable bonds is 10. The molecule has 2 aromatic rings. The first-order valence-electron chi connectivity index (χ1n) is 10.3. The molecule has 0 unspecified atom stereocenters. The zero-order valence-corrected chi connectivity index (χ0v) is 17.9. The number of hydrogen-bond donors (Lipinski definition) is 2. The van der Waals surface area contributed by atoms with Crippen molar-refractivity contribution in [1.29, 1.82) is 0 Å². The molecule has 2 rings (SSSR count). The number of aliphatic carboxylic acids is 2. The number of carboxylic acid groups (broad SMARTS) is 2. The average molecular weight is 419 g/mol. The minimum atomic E-state index is -0.933. The normalized spacial score (nSPS) is 11.6. The van der Waals surface area contributed by atoms with E-state index in [9.17, 15) is 9.59 Å². The van der Waals surface area contributed by atoms with Gasteiger partial charge in [0.05, 0.1) is 0 Å². The first-order valence-corrected chi connectivity index (χ1v) is 10.3. The highest BCUT2D eigenvalue weighted by Crippen LogP contribution is 2.10. The molecule has 0 aliphatic carbocycles. The summed E-state index contributed by atoms with van der Waals surface area (Å²) < 4.78 is 0. The van der Waals surface area contributed by atoms with Crippen molar-refractivity contribution in [3.63, 3.8) is 0 Å². The van der Waals surface area contributed by atoms with Crippen molar-refractivity contribution in [1.82, 2.24) is 0 Å². The van der Waals surface area contributed by atoms with Crippen molar-refractivity contribution in [2.75, 3.05) is 0 Å². The number of carboxylic acids is 2. The van der Waals surface area contributed by atoms with Gasteiger partial charge in [0.2, 0.25) is 0 Å². The third-order valence-electron chi connectivity index (χ3n) is 4.15. The lowest BCUT2D eigenvalue weighted by atomic mass is 10.1. The molecule has 0 radical (unpaired) electrons. The van der Waals surface area contributed by atoms with E-state index in [1.165, 1.54) is 6.08 Å². The lowest BCUT2D eigenvalue weighted by Gasteiger charge is -2.00. The maximum Gasteiger partial charge on any atom is 0.331 e. The van der Waals surface area contributed by atoms with Crippen LogP contribution in [0.25, 0.3) is 12.2 Å². The van der Waals surface area contributed by atoms with Crippen LogP contribution in [0.1, 0.15) is 43.7 Å². The molecule has 0 saturated heterocycles.